The number of anilines is 2. The van der Waals surface area contributed by atoms with Crippen molar-refractivity contribution in [3.05, 3.63) is 82.4 Å². The van der Waals surface area contributed by atoms with E-state index in [9.17, 15) is 9.18 Å². The number of nitrogens with zero attached hydrogens (tertiary/aromatic N) is 6. The fourth-order valence-electron chi connectivity index (χ4n) is 4.15. The molecule has 1 saturated heterocycles. The maximum Gasteiger partial charge on any atom is 0.253 e. The number of benzene rings is 2. The number of fused-ring (bicyclic) bond motifs is 1. The Kier molecular flexibility index (Phi) is 5.92. The molecule has 0 spiro atoms. The molecule has 3 aromatic rings. The van der Waals surface area contributed by atoms with Gasteiger partial charge in [-0.1, -0.05) is 17.7 Å². The van der Waals surface area contributed by atoms with E-state index in [-0.39, 0.29) is 18.3 Å². The van der Waals surface area contributed by atoms with Crippen molar-refractivity contribution in [2.24, 2.45) is 4.99 Å². The SMILES string of the molecule is O=C(c1ccc(F)c(CN2CN=Cc3c(Cl)cccc32)c1)N1CCN(c2ncccn2)CC1. The van der Waals surface area contributed by atoms with Crippen LogP contribution in [-0.4, -0.2) is 59.8 Å². The molecule has 1 amide bonds. The Morgan fingerprint density at radius 3 is 2.61 bits per heavy atom. The number of halogens is 2. The van der Waals surface area contributed by atoms with Gasteiger partial charge in [-0.3, -0.25) is 9.79 Å². The summed E-state index contributed by atoms with van der Waals surface area (Å²) in [5, 5.41) is 0.602. The van der Waals surface area contributed by atoms with Gasteiger partial charge in [0.25, 0.3) is 5.91 Å². The smallest absolute Gasteiger partial charge is 0.253 e. The minimum Gasteiger partial charge on any atom is -0.347 e. The third-order valence-corrected chi connectivity index (χ3v) is 6.23. The predicted octanol–water partition coefficient (Wildman–Crippen LogP) is 3.63. The number of carbonyl (C=O) groups is 1. The van der Waals surface area contributed by atoms with Gasteiger partial charge in [-0.15, -0.1) is 0 Å². The van der Waals surface area contributed by atoms with Crippen LogP contribution in [0.4, 0.5) is 16.0 Å². The van der Waals surface area contributed by atoms with Crippen LogP contribution in [-0.2, 0) is 6.54 Å². The number of aliphatic imine (C=N–C) groups is 1. The van der Waals surface area contributed by atoms with Gasteiger partial charge in [-0.05, 0) is 36.4 Å². The molecular weight excluding hydrogens is 443 g/mol. The first-order valence-corrected chi connectivity index (χ1v) is 11.1. The van der Waals surface area contributed by atoms with E-state index in [2.05, 4.69) is 19.9 Å². The molecule has 5 rings (SSSR count). The lowest BCUT2D eigenvalue weighted by Crippen LogP contribution is -2.49. The number of piperazine rings is 1. The van der Waals surface area contributed by atoms with Crippen molar-refractivity contribution in [3.8, 4) is 0 Å². The molecule has 3 heterocycles. The molecule has 168 valence electrons. The van der Waals surface area contributed by atoms with Crippen LogP contribution in [0.25, 0.3) is 0 Å². The monoisotopic (exact) mass is 464 g/mol. The molecule has 2 aliphatic heterocycles. The van der Waals surface area contributed by atoms with Crippen molar-refractivity contribution in [3.63, 3.8) is 0 Å². The van der Waals surface area contributed by atoms with Crippen LogP contribution in [0.1, 0.15) is 21.5 Å². The summed E-state index contributed by atoms with van der Waals surface area (Å²) in [4.78, 5) is 31.8. The zero-order valence-electron chi connectivity index (χ0n) is 17.9. The Morgan fingerprint density at radius 1 is 1.03 bits per heavy atom. The van der Waals surface area contributed by atoms with Gasteiger partial charge in [0.15, 0.2) is 0 Å². The fraction of sp³-hybridized carbons (Fsp3) is 0.250. The van der Waals surface area contributed by atoms with Crippen molar-refractivity contribution in [2.45, 2.75) is 6.54 Å². The highest BCUT2D eigenvalue weighted by Crippen LogP contribution is 2.30. The second-order valence-electron chi connectivity index (χ2n) is 7.96. The number of hydrogen-bond acceptors (Lipinski definition) is 6. The van der Waals surface area contributed by atoms with Crippen molar-refractivity contribution >= 4 is 35.4 Å². The summed E-state index contributed by atoms with van der Waals surface area (Å²) >= 11 is 6.29. The van der Waals surface area contributed by atoms with Crippen LogP contribution < -0.4 is 9.80 Å². The number of rotatable bonds is 4. The highest BCUT2D eigenvalue weighted by Gasteiger charge is 2.24. The number of aromatic nitrogens is 2. The Morgan fingerprint density at radius 2 is 1.82 bits per heavy atom. The van der Waals surface area contributed by atoms with Crippen LogP contribution in [0.3, 0.4) is 0 Å². The Labute approximate surface area is 196 Å². The summed E-state index contributed by atoms with van der Waals surface area (Å²) in [6, 6.07) is 11.9. The first-order valence-electron chi connectivity index (χ1n) is 10.7. The Hall–Kier alpha value is -3.52. The molecule has 0 atom stereocenters. The van der Waals surface area contributed by atoms with Gasteiger partial charge in [-0.2, -0.15) is 0 Å². The summed E-state index contributed by atoms with van der Waals surface area (Å²) in [5.74, 6) is 0.207. The largest absolute Gasteiger partial charge is 0.347 e. The highest BCUT2D eigenvalue weighted by atomic mass is 35.5. The molecule has 0 unspecified atom stereocenters. The zero-order valence-corrected chi connectivity index (χ0v) is 18.6. The van der Waals surface area contributed by atoms with Crippen molar-refractivity contribution in [1.82, 2.24) is 14.9 Å². The summed E-state index contributed by atoms with van der Waals surface area (Å²) in [6.45, 7) is 3.08. The van der Waals surface area contributed by atoms with E-state index < -0.39 is 0 Å². The van der Waals surface area contributed by atoms with E-state index in [1.54, 1.807) is 47.8 Å². The topological polar surface area (TPSA) is 64.9 Å². The van der Waals surface area contributed by atoms with Crippen LogP contribution >= 0.6 is 11.6 Å². The Bertz CT molecular complexity index is 1200. The molecule has 0 radical (unpaired) electrons. The van der Waals surface area contributed by atoms with Gasteiger partial charge in [-0.25, -0.2) is 14.4 Å². The molecule has 7 nitrogen and oxygen atoms in total. The molecule has 0 saturated carbocycles. The molecule has 2 aromatic carbocycles. The summed E-state index contributed by atoms with van der Waals surface area (Å²) in [6.07, 6.45) is 5.16. The van der Waals surface area contributed by atoms with Crippen molar-refractivity contribution in [2.75, 3.05) is 42.6 Å². The third-order valence-electron chi connectivity index (χ3n) is 5.90. The van der Waals surface area contributed by atoms with E-state index in [0.29, 0.717) is 54.9 Å². The van der Waals surface area contributed by atoms with E-state index in [1.165, 1.54) is 6.07 Å². The third kappa shape index (κ3) is 4.39. The number of carbonyl (C=O) groups excluding carboxylic acids is 1. The zero-order chi connectivity index (χ0) is 22.8. The minimum absolute atomic E-state index is 0.106. The van der Waals surface area contributed by atoms with Crippen LogP contribution in [0.15, 0.2) is 59.9 Å². The minimum atomic E-state index is -0.351. The summed E-state index contributed by atoms with van der Waals surface area (Å²) in [7, 11) is 0. The molecule has 0 bridgehead atoms. The molecule has 9 heteroatoms. The fourth-order valence-corrected chi connectivity index (χ4v) is 4.37. The molecule has 1 fully saturated rings. The summed E-state index contributed by atoms with van der Waals surface area (Å²) in [5.41, 5.74) is 2.63. The van der Waals surface area contributed by atoms with Crippen LogP contribution in [0.2, 0.25) is 5.02 Å². The standard InChI is InChI=1S/C24H22ClFN6O/c25-20-3-1-4-22-19(20)14-27-16-32(22)15-18-13-17(5-6-21(18)26)23(33)30-9-11-31(12-10-30)24-28-7-2-8-29-24/h1-8,13-14H,9-12,15-16H2. The number of amides is 1. The number of hydrogen-bond donors (Lipinski definition) is 0. The lowest BCUT2D eigenvalue weighted by molar-refractivity contribution is 0.0746. The van der Waals surface area contributed by atoms with Gasteiger partial charge in [0.1, 0.15) is 12.5 Å². The molecule has 1 aromatic heterocycles. The van der Waals surface area contributed by atoms with E-state index in [4.69, 9.17) is 11.6 Å². The molecule has 33 heavy (non-hydrogen) atoms. The Balaban J connectivity index is 1.30. The van der Waals surface area contributed by atoms with Gasteiger partial charge in [0.05, 0.1) is 5.02 Å². The lowest BCUT2D eigenvalue weighted by atomic mass is 10.1. The van der Waals surface area contributed by atoms with E-state index >= 15 is 0 Å². The first-order chi connectivity index (χ1) is 16.1. The van der Waals surface area contributed by atoms with E-state index in [1.807, 2.05) is 17.0 Å². The molecule has 0 N–H and O–H groups in total. The first kappa shape index (κ1) is 21.3. The van der Waals surface area contributed by atoms with Gasteiger partial charge < -0.3 is 14.7 Å². The highest BCUT2D eigenvalue weighted by molar-refractivity contribution is 6.33. The lowest BCUT2D eigenvalue weighted by Gasteiger charge is -2.34. The van der Waals surface area contributed by atoms with Crippen molar-refractivity contribution in [1.29, 1.82) is 0 Å². The van der Waals surface area contributed by atoms with E-state index in [0.717, 1.165) is 11.3 Å². The van der Waals surface area contributed by atoms with Crippen molar-refractivity contribution < 1.29 is 9.18 Å². The average molecular weight is 465 g/mol. The second-order valence-corrected chi connectivity index (χ2v) is 8.37. The molecular formula is C24H22ClFN6O. The van der Waals surface area contributed by atoms with Gasteiger partial charge in [0, 0.05) is 73.7 Å². The van der Waals surface area contributed by atoms with Crippen LogP contribution in [0, 0.1) is 5.82 Å². The predicted molar refractivity (Wildman–Crippen MR) is 127 cm³/mol. The maximum absolute atomic E-state index is 14.7. The van der Waals surface area contributed by atoms with Gasteiger partial charge in [0.2, 0.25) is 5.95 Å². The maximum atomic E-state index is 14.7. The molecule has 2 aliphatic rings. The van der Waals surface area contributed by atoms with Crippen LogP contribution in [0.5, 0.6) is 0 Å². The molecule has 0 aliphatic carbocycles. The quantitative estimate of drug-likeness (QED) is 0.590. The normalized spacial score (nSPS) is 15.5. The summed E-state index contributed by atoms with van der Waals surface area (Å²) < 4.78 is 14.7. The second kappa shape index (κ2) is 9.15. The van der Waals surface area contributed by atoms with Gasteiger partial charge >= 0.3 is 0 Å². The average Bonchev–Trinajstić information content (AvgIpc) is 2.86.